The molecule has 40 heavy (non-hydrogen) atoms. The zero-order valence-electron chi connectivity index (χ0n) is 22.1. The van der Waals surface area contributed by atoms with Crippen LogP contribution >= 0.6 is 0 Å². The Morgan fingerprint density at radius 1 is 0.450 bits per heavy atom. The van der Waals surface area contributed by atoms with E-state index in [4.69, 9.17) is 8.83 Å². The lowest BCUT2D eigenvalue weighted by molar-refractivity contribution is 0.667. The van der Waals surface area contributed by atoms with Gasteiger partial charge in [-0.1, -0.05) is 84.9 Å². The van der Waals surface area contributed by atoms with Gasteiger partial charge in [0, 0.05) is 21.5 Å². The molecule has 0 amide bonds. The van der Waals surface area contributed by atoms with Crippen molar-refractivity contribution in [1.82, 2.24) is 0 Å². The topological polar surface area (TPSA) is 26.3 Å². The first kappa shape index (κ1) is 22.9. The van der Waals surface area contributed by atoms with Gasteiger partial charge in [-0.3, -0.25) is 0 Å². The van der Waals surface area contributed by atoms with Gasteiger partial charge in [-0.15, -0.1) is 0 Å². The van der Waals surface area contributed by atoms with Crippen LogP contribution in [0.15, 0.2) is 136 Å². The van der Waals surface area contributed by atoms with Gasteiger partial charge in [0.25, 0.3) is 0 Å². The largest absolute Gasteiger partial charge is 0.456 e. The van der Waals surface area contributed by atoms with E-state index in [0.717, 1.165) is 50.3 Å². The van der Waals surface area contributed by atoms with Crippen LogP contribution in [0.2, 0.25) is 0 Å². The smallest absolute Gasteiger partial charge is 0.135 e. The van der Waals surface area contributed by atoms with Crippen molar-refractivity contribution in [2.45, 2.75) is 13.3 Å². The van der Waals surface area contributed by atoms with Crippen molar-refractivity contribution < 1.29 is 8.83 Å². The van der Waals surface area contributed by atoms with Gasteiger partial charge in [-0.05, 0) is 94.8 Å². The molecule has 0 aliphatic carbocycles. The second-order valence-electron chi connectivity index (χ2n) is 10.7. The summed E-state index contributed by atoms with van der Waals surface area (Å²) in [5.74, 6) is 0. The zero-order valence-corrected chi connectivity index (χ0v) is 22.1. The Balaban J connectivity index is 1.28. The summed E-state index contributed by atoms with van der Waals surface area (Å²) in [7, 11) is 0. The molecule has 2 heteroatoms. The summed E-state index contributed by atoms with van der Waals surface area (Å²) in [6.07, 6.45) is 0.789. The van der Waals surface area contributed by atoms with Crippen LogP contribution in [-0.4, -0.2) is 0 Å². The second-order valence-corrected chi connectivity index (χ2v) is 10.7. The van der Waals surface area contributed by atoms with E-state index in [-0.39, 0.29) is 0 Å². The maximum atomic E-state index is 6.36. The second kappa shape index (κ2) is 9.00. The van der Waals surface area contributed by atoms with Crippen LogP contribution in [0.3, 0.4) is 0 Å². The predicted octanol–water partition coefficient (Wildman–Crippen LogP) is 10.7. The standard InChI is InChI=1S/C38H26O2/c1-24-12-15-30-34-23-31(27-10-6-3-7-11-27)29(22-38(34)40-37(30)18-24)19-25-13-16-35-32(20-25)33-21-28(14-17-36(33)39-35)26-8-4-2-5-9-26/h2-18,20-23H,19H2,1H3. The van der Waals surface area contributed by atoms with E-state index in [9.17, 15) is 0 Å². The minimum atomic E-state index is 0.789. The van der Waals surface area contributed by atoms with Crippen molar-refractivity contribution in [3.63, 3.8) is 0 Å². The fraction of sp³-hybridized carbons (Fsp3) is 0.0526. The highest BCUT2D eigenvalue weighted by Gasteiger charge is 2.15. The van der Waals surface area contributed by atoms with Crippen LogP contribution < -0.4 is 0 Å². The Labute approximate surface area is 232 Å². The van der Waals surface area contributed by atoms with Crippen molar-refractivity contribution in [2.24, 2.45) is 0 Å². The van der Waals surface area contributed by atoms with Crippen molar-refractivity contribution in [1.29, 1.82) is 0 Å². The van der Waals surface area contributed by atoms with E-state index in [1.165, 1.54) is 38.9 Å². The lowest BCUT2D eigenvalue weighted by Gasteiger charge is -2.11. The molecule has 0 saturated carbocycles. The summed E-state index contributed by atoms with van der Waals surface area (Å²) in [6.45, 7) is 2.10. The van der Waals surface area contributed by atoms with Gasteiger partial charge in [-0.2, -0.15) is 0 Å². The molecule has 0 fully saturated rings. The van der Waals surface area contributed by atoms with Crippen LogP contribution in [0.25, 0.3) is 66.1 Å². The van der Waals surface area contributed by atoms with Gasteiger partial charge in [0.2, 0.25) is 0 Å². The SMILES string of the molecule is Cc1ccc2c(c1)oc1cc(Cc3ccc4oc5ccc(-c6ccccc6)cc5c4c3)c(-c3ccccc3)cc12. The van der Waals surface area contributed by atoms with Gasteiger partial charge < -0.3 is 8.83 Å². The number of benzene rings is 6. The van der Waals surface area contributed by atoms with Crippen molar-refractivity contribution in [2.75, 3.05) is 0 Å². The number of hydrogen-bond donors (Lipinski definition) is 0. The number of rotatable bonds is 4. The molecule has 0 spiro atoms. The third-order valence-corrected chi connectivity index (χ3v) is 7.97. The molecule has 0 saturated heterocycles. The number of hydrogen-bond acceptors (Lipinski definition) is 2. The summed E-state index contributed by atoms with van der Waals surface area (Å²) in [6, 6.07) is 45.2. The van der Waals surface area contributed by atoms with Gasteiger partial charge in [0.1, 0.15) is 22.3 Å². The molecule has 2 aromatic heterocycles. The van der Waals surface area contributed by atoms with Crippen molar-refractivity contribution in [3.8, 4) is 22.3 Å². The van der Waals surface area contributed by atoms with Gasteiger partial charge >= 0.3 is 0 Å². The highest BCUT2D eigenvalue weighted by atomic mass is 16.3. The molecule has 2 nitrogen and oxygen atoms in total. The van der Waals surface area contributed by atoms with Crippen LogP contribution in [0.5, 0.6) is 0 Å². The molecule has 2 heterocycles. The van der Waals surface area contributed by atoms with E-state index in [2.05, 4.69) is 134 Å². The molecule has 0 unspecified atom stereocenters. The van der Waals surface area contributed by atoms with Gasteiger partial charge in [0.15, 0.2) is 0 Å². The Bertz CT molecular complexity index is 2180. The quantitative estimate of drug-likeness (QED) is 0.233. The lowest BCUT2D eigenvalue weighted by atomic mass is 9.92. The minimum absolute atomic E-state index is 0.789. The average molecular weight is 515 g/mol. The van der Waals surface area contributed by atoms with E-state index < -0.39 is 0 Å². The third-order valence-electron chi connectivity index (χ3n) is 7.97. The number of furan rings is 2. The molecule has 6 aromatic carbocycles. The fourth-order valence-corrected chi connectivity index (χ4v) is 5.97. The Hall–Kier alpha value is -5.08. The molecular weight excluding hydrogens is 488 g/mol. The van der Waals surface area contributed by atoms with Crippen LogP contribution in [0.4, 0.5) is 0 Å². The molecule has 8 rings (SSSR count). The lowest BCUT2D eigenvalue weighted by Crippen LogP contribution is -1.93. The highest BCUT2D eigenvalue weighted by molar-refractivity contribution is 6.08. The molecule has 190 valence electrons. The molecule has 0 atom stereocenters. The van der Waals surface area contributed by atoms with Crippen LogP contribution in [-0.2, 0) is 6.42 Å². The predicted molar refractivity (Wildman–Crippen MR) is 166 cm³/mol. The zero-order chi connectivity index (χ0) is 26.6. The Kier molecular flexibility index (Phi) is 5.14. The molecule has 0 N–H and O–H groups in total. The highest BCUT2D eigenvalue weighted by Crippen LogP contribution is 2.38. The first-order chi connectivity index (χ1) is 19.7. The first-order valence-corrected chi connectivity index (χ1v) is 13.7. The van der Waals surface area contributed by atoms with Gasteiger partial charge in [-0.25, -0.2) is 0 Å². The fourth-order valence-electron chi connectivity index (χ4n) is 5.97. The summed E-state index contributed by atoms with van der Waals surface area (Å²) in [5, 5.41) is 4.60. The summed E-state index contributed by atoms with van der Waals surface area (Å²) >= 11 is 0. The molecule has 0 bridgehead atoms. The van der Waals surface area contributed by atoms with E-state index >= 15 is 0 Å². The maximum Gasteiger partial charge on any atom is 0.135 e. The minimum Gasteiger partial charge on any atom is -0.456 e. The average Bonchev–Trinajstić information content (AvgIpc) is 3.54. The molecule has 0 radical (unpaired) electrons. The number of aryl methyl sites for hydroxylation is 1. The van der Waals surface area contributed by atoms with Crippen LogP contribution in [0.1, 0.15) is 16.7 Å². The van der Waals surface area contributed by atoms with E-state index in [1.807, 2.05) is 0 Å². The van der Waals surface area contributed by atoms with Crippen LogP contribution in [0, 0.1) is 6.92 Å². The monoisotopic (exact) mass is 514 g/mol. The molecule has 8 aromatic rings. The van der Waals surface area contributed by atoms with Crippen molar-refractivity contribution in [3.05, 3.63) is 144 Å². The third kappa shape index (κ3) is 3.80. The van der Waals surface area contributed by atoms with E-state index in [1.54, 1.807) is 0 Å². The summed E-state index contributed by atoms with van der Waals surface area (Å²) in [5.41, 5.74) is 12.2. The van der Waals surface area contributed by atoms with E-state index in [0.29, 0.717) is 0 Å². The first-order valence-electron chi connectivity index (χ1n) is 13.7. The summed E-state index contributed by atoms with van der Waals surface area (Å²) < 4.78 is 12.6. The number of fused-ring (bicyclic) bond motifs is 6. The summed E-state index contributed by atoms with van der Waals surface area (Å²) in [4.78, 5) is 0. The molecule has 0 aliphatic rings. The normalized spacial score (nSPS) is 11.7. The van der Waals surface area contributed by atoms with Gasteiger partial charge in [0.05, 0.1) is 0 Å². The Morgan fingerprint density at radius 2 is 1.10 bits per heavy atom. The maximum absolute atomic E-state index is 6.36. The molecular formula is C38H26O2. The van der Waals surface area contributed by atoms with Crippen molar-refractivity contribution >= 4 is 43.9 Å². The molecule has 0 aliphatic heterocycles. The Morgan fingerprint density at radius 3 is 1.90 bits per heavy atom.